The topological polar surface area (TPSA) is 32.8 Å². The lowest BCUT2D eigenvalue weighted by atomic mass is 10.0. The second-order valence-electron chi connectivity index (χ2n) is 6.45. The SMILES string of the molecule is COC1CCN(C2CN(C(=O)CCc3sccc3C)C2)CC1. The summed E-state index contributed by atoms with van der Waals surface area (Å²) in [7, 11) is 1.80. The molecule has 122 valence electrons. The van der Waals surface area contributed by atoms with Gasteiger partial charge in [0.05, 0.1) is 6.10 Å². The van der Waals surface area contributed by atoms with Crippen LogP contribution in [0, 0.1) is 6.92 Å². The van der Waals surface area contributed by atoms with Crippen LogP contribution in [0.4, 0.5) is 0 Å². The Balaban J connectivity index is 1.38. The summed E-state index contributed by atoms with van der Waals surface area (Å²) in [6.45, 7) is 6.18. The van der Waals surface area contributed by atoms with Gasteiger partial charge in [-0.05, 0) is 43.2 Å². The van der Waals surface area contributed by atoms with Crippen molar-refractivity contribution in [2.45, 2.75) is 44.8 Å². The molecule has 2 fully saturated rings. The van der Waals surface area contributed by atoms with Crippen LogP contribution < -0.4 is 0 Å². The van der Waals surface area contributed by atoms with Gasteiger partial charge in [-0.3, -0.25) is 9.69 Å². The van der Waals surface area contributed by atoms with Gasteiger partial charge in [-0.25, -0.2) is 0 Å². The van der Waals surface area contributed by atoms with Crippen molar-refractivity contribution in [3.63, 3.8) is 0 Å². The van der Waals surface area contributed by atoms with E-state index in [-0.39, 0.29) is 0 Å². The maximum Gasteiger partial charge on any atom is 0.223 e. The highest BCUT2D eigenvalue weighted by Gasteiger charge is 2.35. The zero-order valence-electron chi connectivity index (χ0n) is 13.6. The Morgan fingerprint density at radius 2 is 2.09 bits per heavy atom. The summed E-state index contributed by atoms with van der Waals surface area (Å²) in [6.07, 6.45) is 4.22. The standard InChI is InChI=1S/C17H26N2O2S/c1-13-7-10-22-16(13)3-4-17(20)19-11-14(12-19)18-8-5-15(21-2)6-9-18/h7,10,14-15H,3-6,8-9,11-12H2,1-2H3. The Kier molecular flexibility index (Phi) is 5.16. The molecular weight excluding hydrogens is 296 g/mol. The number of thiophene rings is 1. The summed E-state index contributed by atoms with van der Waals surface area (Å²) >= 11 is 1.76. The average Bonchev–Trinajstić information content (AvgIpc) is 2.89. The second kappa shape index (κ2) is 7.11. The first-order chi connectivity index (χ1) is 10.7. The molecule has 0 spiro atoms. The number of hydrogen-bond donors (Lipinski definition) is 0. The first-order valence-corrected chi connectivity index (χ1v) is 9.13. The fraction of sp³-hybridized carbons (Fsp3) is 0.706. The van der Waals surface area contributed by atoms with Crippen molar-refractivity contribution in [3.05, 3.63) is 21.9 Å². The van der Waals surface area contributed by atoms with E-state index in [0.29, 0.717) is 24.5 Å². The first-order valence-electron chi connectivity index (χ1n) is 8.25. The van der Waals surface area contributed by atoms with Crippen LogP contribution in [0.25, 0.3) is 0 Å². The Morgan fingerprint density at radius 1 is 1.36 bits per heavy atom. The van der Waals surface area contributed by atoms with Gasteiger partial charge in [-0.2, -0.15) is 0 Å². The van der Waals surface area contributed by atoms with Crippen LogP contribution in [0.5, 0.6) is 0 Å². The third-order valence-electron chi connectivity index (χ3n) is 5.08. The van der Waals surface area contributed by atoms with E-state index in [1.54, 1.807) is 18.4 Å². The van der Waals surface area contributed by atoms with Crippen LogP contribution in [0.15, 0.2) is 11.4 Å². The Morgan fingerprint density at radius 3 is 2.68 bits per heavy atom. The number of nitrogens with zero attached hydrogens (tertiary/aromatic N) is 2. The maximum atomic E-state index is 12.3. The number of ether oxygens (including phenoxy) is 1. The highest BCUT2D eigenvalue weighted by atomic mass is 32.1. The number of likely N-dealkylation sites (tertiary alicyclic amines) is 2. The highest BCUT2D eigenvalue weighted by Crippen LogP contribution is 2.23. The van der Waals surface area contributed by atoms with Gasteiger partial charge in [-0.1, -0.05) is 0 Å². The second-order valence-corrected chi connectivity index (χ2v) is 7.45. The quantitative estimate of drug-likeness (QED) is 0.834. The van der Waals surface area contributed by atoms with E-state index >= 15 is 0 Å². The summed E-state index contributed by atoms with van der Waals surface area (Å²) in [6, 6.07) is 2.71. The molecule has 0 radical (unpaired) electrons. The van der Waals surface area contributed by atoms with Gasteiger partial charge in [0.15, 0.2) is 0 Å². The van der Waals surface area contributed by atoms with Crippen molar-refractivity contribution in [1.82, 2.24) is 9.80 Å². The predicted molar refractivity (Wildman–Crippen MR) is 89.3 cm³/mol. The molecule has 1 amide bonds. The smallest absolute Gasteiger partial charge is 0.223 e. The van der Waals surface area contributed by atoms with E-state index < -0.39 is 0 Å². The molecule has 0 bridgehead atoms. The molecule has 22 heavy (non-hydrogen) atoms. The molecule has 0 unspecified atom stereocenters. The highest BCUT2D eigenvalue weighted by molar-refractivity contribution is 7.10. The lowest BCUT2D eigenvalue weighted by molar-refractivity contribution is -0.139. The predicted octanol–water partition coefficient (Wildman–Crippen LogP) is 2.31. The molecule has 5 heteroatoms. The minimum Gasteiger partial charge on any atom is -0.381 e. The molecule has 1 aromatic rings. The van der Waals surface area contributed by atoms with Crippen molar-refractivity contribution in [2.75, 3.05) is 33.3 Å². The van der Waals surface area contributed by atoms with Crippen LogP contribution in [-0.4, -0.2) is 61.1 Å². The van der Waals surface area contributed by atoms with E-state index in [1.807, 2.05) is 4.90 Å². The molecule has 2 aliphatic heterocycles. The Labute approximate surface area is 137 Å². The van der Waals surface area contributed by atoms with E-state index in [9.17, 15) is 4.79 Å². The number of carbonyl (C=O) groups excluding carboxylic acids is 1. The molecule has 0 aliphatic carbocycles. The van der Waals surface area contributed by atoms with Crippen molar-refractivity contribution < 1.29 is 9.53 Å². The number of hydrogen-bond acceptors (Lipinski definition) is 4. The van der Waals surface area contributed by atoms with Crippen LogP contribution in [0.1, 0.15) is 29.7 Å². The fourth-order valence-corrected chi connectivity index (χ4v) is 4.32. The molecule has 1 aromatic heterocycles. The van der Waals surface area contributed by atoms with Gasteiger partial charge in [0.2, 0.25) is 5.91 Å². The van der Waals surface area contributed by atoms with Crippen molar-refractivity contribution in [2.24, 2.45) is 0 Å². The van der Waals surface area contributed by atoms with Crippen molar-refractivity contribution in [1.29, 1.82) is 0 Å². The van der Waals surface area contributed by atoms with Gasteiger partial charge in [0.25, 0.3) is 0 Å². The molecule has 0 atom stereocenters. The molecule has 3 heterocycles. The van der Waals surface area contributed by atoms with E-state index in [2.05, 4.69) is 23.3 Å². The van der Waals surface area contributed by atoms with E-state index in [4.69, 9.17) is 4.74 Å². The van der Waals surface area contributed by atoms with Crippen molar-refractivity contribution >= 4 is 17.2 Å². The summed E-state index contributed by atoms with van der Waals surface area (Å²) in [5, 5.41) is 2.11. The molecule has 2 aliphatic rings. The van der Waals surface area contributed by atoms with Gasteiger partial charge in [0.1, 0.15) is 0 Å². The minimum absolute atomic E-state index is 0.316. The number of carbonyl (C=O) groups is 1. The molecule has 2 saturated heterocycles. The number of rotatable bonds is 5. The summed E-state index contributed by atoms with van der Waals surface area (Å²) in [5.41, 5.74) is 1.32. The summed E-state index contributed by atoms with van der Waals surface area (Å²) < 4.78 is 5.42. The van der Waals surface area contributed by atoms with E-state index in [0.717, 1.165) is 45.4 Å². The van der Waals surface area contributed by atoms with Crippen LogP contribution in [0.2, 0.25) is 0 Å². The zero-order chi connectivity index (χ0) is 15.5. The van der Waals surface area contributed by atoms with Crippen LogP contribution in [-0.2, 0) is 16.0 Å². The maximum absolute atomic E-state index is 12.3. The summed E-state index contributed by atoms with van der Waals surface area (Å²) in [4.78, 5) is 18.2. The third-order valence-corrected chi connectivity index (χ3v) is 6.16. The lowest BCUT2D eigenvalue weighted by Crippen LogP contribution is -2.62. The molecule has 0 saturated carbocycles. The normalized spacial score (nSPS) is 21.1. The van der Waals surface area contributed by atoms with Gasteiger partial charge < -0.3 is 9.64 Å². The van der Waals surface area contributed by atoms with Gasteiger partial charge in [0, 0.05) is 50.6 Å². The zero-order valence-corrected chi connectivity index (χ0v) is 14.4. The first kappa shape index (κ1) is 16.0. The molecule has 4 nitrogen and oxygen atoms in total. The number of piperidine rings is 1. The molecule has 0 aromatic carbocycles. The molecular formula is C17H26N2O2S. The largest absolute Gasteiger partial charge is 0.381 e. The van der Waals surface area contributed by atoms with Gasteiger partial charge in [-0.15, -0.1) is 11.3 Å². The van der Waals surface area contributed by atoms with Crippen molar-refractivity contribution in [3.8, 4) is 0 Å². The number of methoxy groups -OCH3 is 1. The third kappa shape index (κ3) is 3.53. The average molecular weight is 322 g/mol. The molecule has 0 N–H and O–H groups in total. The van der Waals surface area contributed by atoms with Gasteiger partial charge >= 0.3 is 0 Å². The lowest BCUT2D eigenvalue weighted by Gasteiger charge is -2.47. The van der Waals surface area contributed by atoms with Crippen LogP contribution in [0.3, 0.4) is 0 Å². The number of aryl methyl sites for hydroxylation is 2. The minimum atomic E-state index is 0.316. The Bertz CT molecular complexity index is 503. The monoisotopic (exact) mass is 322 g/mol. The summed E-state index contributed by atoms with van der Waals surface area (Å²) in [5.74, 6) is 0.316. The fourth-order valence-electron chi connectivity index (χ4n) is 3.41. The molecule has 3 rings (SSSR count). The Hall–Kier alpha value is -0.910. The van der Waals surface area contributed by atoms with E-state index in [1.165, 1.54) is 10.4 Å². The van der Waals surface area contributed by atoms with Crippen LogP contribution >= 0.6 is 11.3 Å². The number of amides is 1.